The first kappa shape index (κ1) is 20.8. The van der Waals surface area contributed by atoms with Crippen LogP contribution in [-0.2, 0) is 17.7 Å². The standard InChI is InChI=1S/C24H32N4O2/c1-5-27-21-11-10-18(7-6-13-28-16(2)8-9-17(28)3)15-19(21)23-22(24(27)29)20(25-26-23)12-14-30-4/h6-7,10-11,15-17H,5,8-9,12-14H2,1-4H3,(H,25,26)/t16-,17-/m0/s1. The van der Waals surface area contributed by atoms with E-state index in [-0.39, 0.29) is 5.56 Å². The summed E-state index contributed by atoms with van der Waals surface area (Å²) in [6, 6.07) is 7.58. The molecule has 30 heavy (non-hydrogen) atoms. The Kier molecular flexibility index (Phi) is 6.06. The number of aromatic amines is 1. The van der Waals surface area contributed by atoms with Gasteiger partial charge in [0.2, 0.25) is 0 Å². The lowest BCUT2D eigenvalue weighted by atomic mass is 10.1. The Balaban J connectivity index is 1.73. The predicted octanol–water partition coefficient (Wildman–Crippen LogP) is 3.97. The lowest BCUT2D eigenvalue weighted by Crippen LogP contribution is -2.32. The van der Waals surface area contributed by atoms with E-state index in [0.717, 1.165) is 34.2 Å². The number of aromatic nitrogens is 3. The quantitative estimate of drug-likeness (QED) is 0.642. The van der Waals surface area contributed by atoms with Gasteiger partial charge in [-0.05, 0) is 51.3 Å². The van der Waals surface area contributed by atoms with E-state index in [2.05, 4.69) is 53.2 Å². The SMILES string of the molecule is CCn1c(=O)c2c(CCOC)[nH]nc2c2cc(C=CCN3[C@@H](C)CC[C@@H]3C)ccc21. The lowest BCUT2D eigenvalue weighted by Gasteiger charge is -2.24. The number of fused-ring (bicyclic) bond motifs is 3. The molecule has 0 aliphatic carbocycles. The van der Waals surface area contributed by atoms with Crippen LogP contribution in [0.4, 0.5) is 0 Å². The second kappa shape index (κ2) is 8.74. The highest BCUT2D eigenvalue weighted by atomic mass is 16.5. The number of methoxy groups -OCH3 is 1. The number of H-pyrrole nitrogens is 1. The second-order valence-electron chi connectivity index (χ2n) is 8.37. The minimum absolute atomic E-state index is 0.0140. The summed E-state index contributed by atoms with van der Waals surface area (Å²) in [4.78, 5) is 15.7. The smallest absolute Gasteiger partial charge is 0.262 e. The van der Waals surface area contributed by atoms with Gasteiger partial charge in [-0.1, -0.05) is 18.2 Å². The van der Waals surface area contributed by atoms with Crippen molar-refractivity contribution in [3.63, 3.8) is 0 Å². The molecule has 3 aromatic rings. The number of aryl methyl sites for hydroxylation is 1. The van der Waals surface area contributed by atoms with Crippen molar-refractivity contribution >= 4 is 27.9 Å². The van der Waals surface area contributed by atoms with Crippen molar-refractivity contribution in [3.05, 3.63) is 45.9 Å². The summed E-state index contributed by atoms with van der Waals surface area (Å²) in [5.74, 6) is 0. The minimum Gasteiger partial charge on any atom is -0.384 e. The van der Waals surface area contributed by atoms with Crippen LogP contribution in [0.25, 0.3) is 27.9 Å². The Morgan fingerprint density at radius 3 is 2.73 bits per heavy atom. The topological polar surface area (TPSA) is 63.1 Å². The van der Waals surface area contributed by atoms with Crippen molar-refractivity contribution in [2.75, 3.05) is 20.3 Å². The van der Waals surface area contributed by atoms with Gasteiger partial charge in [-0.2, -0.15) is 5.10 Å². The predicted molar refractivity (Wildman–Crippen MR) is 123 cm³/mol. The van der Waals surface area contributed by atoms with E-state index >= 15 is 0 Å². The number of benzene rings is 1. The average molecular weight is 409 g/mol. The maximum absolute atomic E-state index is 13.1. The van der Waals surface area contributed by atoms with Crippen LogP contribution < -0.4 is 5.56 Å². The molecule has 0 saturated carbocycles. The highest BCUT2D eigenvalue weighted by Gasteiger charge is 2.25. The molecule has 0 amide bonds. The molecular weight excluding hydrogens is 376 g/mol. The molecule has 1 N–H and O–H groups in total. The van der Waals surface area contributed by atoms with E-state index in [1.54, 1.807) is 7.11 Å². The van der Waals surface area contributed by atoms with Crippen LogP contribution >= 0.6 is 0 Å². The number of likely N-dealkylation sites (tertiary alicyclic amines) is 1. The monoisotopic (exact) mass is 408 g/mol. The van der Waals surface area contributed by atoms with Gasteiger partial charge >= 0.3 is 0 Å². The summed E-state index contributed by atoms with van der Waals surface area (Å²) in [5, 5.41) is 9.28. The summed E-state index contributed by atoms with van der Waals surface area (Å²) in [6.45, 7) is 8.78. The molecule has 160 valence electrons. The first-order chi connectivity index (χ1) is 14.5. The fourth-order valence-electron chi connectivity index (χ4n) is 4.75. The molecule has 0 radical (unpaired) electrons. The maximum atomic E-state index is 13.1. The molecule has 1 aromatic carbocycles. The number of nitrogens with zero attached hydrogens (tertiary/aromatic N) is 3. The Morgan fingerprint density at radius 1 is 1.27 bits per heavy atom. The van der Waals surface area contributed by atoms with Crippen LogP contribution in [0.15, 0.2) is 29.1 Å². The van der Waals surface area contributed by atoms with Crippen LogP contribution in [0, 0.1) is 0 Å². The maximum Gasteiger partial charge on any atom is 0.262 e. The first-order valence-electron chi connectivity index (χ1n) is 11.0. The van der Waals surface area contributed by atoms with Gasteiger partial charge in [-0.3, -0.25) is 14.8 Å². The fraction of sp³-hybridized carbons (Fsp3) is 0.500. The molecule has 0 spiro atoms. The Morgan fingerprint density at radius 2 is 2.03 bits per heavy atom. The van der Waals surface area contributed by atoms with Crippen LogP contribution in [0.5, 0.6) is 0 Å². The molecular formula is C24H32N4O2. The fourth-order valence-corrected chi connectivity index (χ4v) is 4.75. The summed E-state index contributed by atoms with van der Waals surface area (Å²) < 4.78 is 7.04. The second-order valence-corrected chi connectivity index (χ2v) is 8.37. The zero-order valence-corrected chi connectivity index (χ0v) is 18.4. The van der Waals surface area contributed by atoms with E-state index in [9.17, 15) is 4.79 Å². The zero-order chi connectivity index (χ0) is 21.3. The van der Waals surface area contributed by atoms with Gasteiger partial charge in [0.1, 0.15) is 5.52 Å². The molecule has 6 nitrogen and oxygen atoms in total. The third kappa shape index (κ3) is 3.70. The molecule has 1 aliphatic heterocycles. The lowest BCUT2D eigenvalue weighted by molar-refractivity contribution is 0.201. The largest absolute Gasteiger partial charge is 0.384 e. The van der Waals surface area contributed by atoms with Gasteiger partial charge in [-0.25, -0.2) is 0 Å². The molecule has 2 atom stereocenters. The number of rotatable bonds is 7. The molecule has 3 heterocycles. The molecule has 1 fully saturated rings. The Hall–Kier alpha value is -2.44. The number of hydrogen-bond acceptors (Lipinski definition) is 4. The number of hydrogen-bond donors (Lipinski definition) is 1. The van der Waals surface area contributed by atoms with Crippen molar-refractivity contribution in [2.24, 2.45) is 0 Å². The molecule has 2 aromatic heterocycles. The summed E-state index contributed by atoms with van der Waals surface area (Å²) in [5.41, 5.74) is 3.67. The van der Waals surface area contributed by atoms with Gasteiger partial charge in [0, 0.05) is 44.1 Å². The van der Waals surface area contributed by atoms with Crippen LogP contribution in [0.1, 0.15) is 44.9 Å². The summed E-state index contributed by atoms with van der Waals surface area (Å²) in [7, 11) is 1.67. The molecule has 1 saturated heterocycles. The summed E-state index contributed by atoms with van der Waals surface area (Å²) in [6.07, 6.45) is 7.64. The van der Waals surface area contributed by atoms with E-state index in [4.69, 9.17) is 4.74 Å². The Labute approximate surface area is 177 Å². The van der Waals surface area contributed by atoms with Gasteiger partial charge in [0.25, 0.3) is 5.56 Å². The van der Waals surface area contributed by atoms with E-state index in [1.807, 2.05) is 17.6 Å². The third-order valence-corrected chi connectivity index (χ3v) is 6.50. The number of pyridine rings is 1. The normalized spacial score (nSPS) is 20.3. The van der Waals surface area contributed by atoms with Gasteiger partial charge < -0.3 is 9.30 Å². The molecule has 4 rings (SSSR count). The van der Waals surface area contributed by atoms with Crippen molar-refractivity contribution in [1.82, 2.24) is 19.7 Å². The Bertz CT molecular complexity index is 1120. The third-order valence-electron chi connectivity index (χ3n) is 6.50. The summed E-state index contributed by atoms with van der Waals surface area (Å²) >= 11 is 0. The highest BCUT2D eigenvalue weighted by molar-refractivity contribution is 6.04. The van der Waals surface area contributed by atoms with E-state index in [1.165, 1.54) is 12.8 Å². The van der Waals surface area contributed by atoms with Crippen molar-refractivity contribution in [2.45, 2.75) is 58.7 Å². The number of ether oxygens (including phenoxy) is 1. The van der Waals surface area contributed by atoms with Crippen LogP contribution in [0.3, 0.4) is 0 Å². The van der Waals surface area contributed by atoms with Crippen molar-refractivity contribution in [3.8, 4) is 0 Å². The molecule has 1 aliphatic rings. The van der Waals surface area contributed by atoms with Gasteiger partial charge in [0.15, 0.2) is 0 Å². The van der Waals surface area contributed by atoms with Crippen molar-refractivity contribution < 1.29 is 4.74 Å². The van der Waals surface area contributed by atoms with Crippen LogP contribution in [-0.4, -0.2) is 52.0 Å². The number of nitrogens with one attached hydrogen (secondary N) is 1. The van der Waals surface area contributed by atoms with Gasteiger partial charge in [-0.15, -0.1) is 0 Å². The van der Waals surface area contributed by atoms with E-state index in [0.29, 0.717) is 37.0 Å². The van der Waals surface area contributed by atoms with E-state index < -0.39 is 0 Å². The zero-order valence-electron chi connectivity index (χ0n) is 18.4. The van der Waals surface area contributed by atoms with Gasteiger partial charge in [0.05, 0.1) is 23.2 Å². The first-order valence-corrected chi connectivity index (χ1v) is 11.0. The molecule has 0 unspecified atom stereocenters. The molecule has 0 bridgehead atoms. The molecule has 6 heteroatoms. The van der Waals surface area contributed by atoms with Crippen LogP contribution in [0.2, 0.25) is 0 Å². The van der Waals surface area contributed by atoms with Crippen molar-refractivity contribution in [1.29, 1.82) is 0 Å². The average Bonchev–Trinajstić information content (AvgIpc) is 3.31. The minimum atomic E-state index is 0.0140. The highest BCUT2D eigenvalue weighted by Crippen LogP contribution is 2.26.